The average molecular weight is 487 g/mol. The lowest BCUT2D eigenvalue weighted by atomic mass is 9.87. The van der Waals surface area contributed by atoms with Gasteiger partial charge in [0.25, 0.3) is 10.0 Å². The minimum atomic E-state index is -4.04. The minimum Gasteiger partial charge on any atom is -0.497 e. The number of ether oxygens (including phenoxy) is 2. The lowest BCUT2D eigenvalue weighted by Crippen LogP contribution is -2.34. The lowest BCUT2D eigenvalue weighted by molar-refractivity contribution is -0.136. The van der Waals surface area contributed by atoms with Crippen molar-refractivity contribution in [1.82, 2.24) is 0 Å². The first-order valence-corrected chi connectivity index (χ1v) is 11.9. The Hall–Kier alpha value is -3.55. The summed E-state index contributed by atoms with van der Waals surface area (Å²) >= 11 is 0. The molecule has 0 bridgehead atoms. The number of anilines is 1. The zero-order chi connectivity index (χ0) is 24.9. The molecule has 2 aromatic carbocycles. The van der Waals surface area contributed by atoms with Crippen molar-refractivity contribution >= 4 is 27.4 Å². The van der Waals surface area contributed by atoms with Gasteiger partial charge in [-0.3, -0.25) is 4.31 Å². The van der Waals surface area contributed by atoms with Gasteiger partial charge in [-0.15, -0.1) is 0 Å². The highest BCUT2D eigenvalue weighted by Gasteiger charge is 2.43. The third kappa shape index (κ3) is 4.85. The van der Waals surface area contributed by atoms with Crippen LogP contribution in [0.5, 0.6) is 5.75 Å². The zero-order valence-electron chi connectivity index (χ0n) is 19.4. The quantitative estimate of drug-likeness (QED) is 0.299. The number of rotatable bonds is 5. The number of sulfonamides is 1. The smallest absolute Gasteiger partial charge is 0.384 e. The molecule has 180 valence electrons. The van der Waals surface area contributed by atoms with Crippen LogP contribution in [-0.2, 0) is 30.0 Å². The molecule has 9 nitrogen and oxygen atoms in total. The maximum atomic E-state index is 13.7. The lowest BCUT2D eigenvalue weighted by Gasteiger charge is -2.27. The number of aliphatic hydroxyl groups is 1. The Morgan fingerprint density at radius 2 is 1.91 bits per heavy atom. The number of carbonyl (C=O) groups excluding carboxylic acids is 1. The van der Waals surface area contributed by atoms with Gasteiger partial charge in [0.1, 0.15) is 18.6 Å². The molecule has 0 aliphatic carbocycles. The third-order valence-corrected chi connectivity index (χ3v) is 7.09. The molecular formula is C24H26N2O7S. The topological polar surface area (TPSA) is 115 Å². The molecule has 1 atom stereocenters. The summed E-state index contributed by atoms with van der Waals surface area (Å²) in [6.07, 6.45) is -0.0239. The van der Waals surface area contributed by atoms with E-state index in [4.69, 9.17) is 14.3 Å². The van der Waals surface area contributed by atoms with Crippen LogP contribution in [0, 0.1) is 18.8 Å². The molecule has 0 amide bonds. The Morgan fingerprint density at radius 1 is 1.21 bits per heavy atom. The molecule has 0 spiro atoms. The second-order valence-electron chi connectivity index (χ2n) is 7.42. The van der Waals surface area contributed by atoms with Crippen molar-refractivity contribution in [3.05, 3.63) is 53.6 Å². The highest BCUT2D eigenvalue weighted by atomic mass is 32.2. The fourth-order valence-corrected chi connectivity index (χ4v) is 5.05. The average Bonchev–Trinajstić information content (AvgIpc) is 2.93. The Morgan fingerprint density at radius 3 is 2.53 bits per heavy atom. The molecule has 0 aromatic heterocycles. The maximum absolute atomic E-state index is 13.7. The summed E-state index contributed by atoms with van der Waals surface area (Å²) in [6.45, 7) is 3.54. The summed E-state index contributed by atoms with van der Waals surface area (Å²) in [5.41, 5.74) is -0.923. The van der Waals surface area contributed by atoms with Crippen molar-refractivity contribution in [2.75, 3.05) is 31.7 Å². The predicted octanol–water partition coefficient (Wildman–Crippen LogP) is 2.36. The van der Waals surface area contributed by atoms with Gasteiger partial charge in [-0.1, -0.05) is 22.9 Å². The molecule has 34 heavy (non-hydrogen) atoms. The standard InChI is InChI=1S/C24H26N2O7S/c1-5-33-23(27)12-14-24(28)20-11-8-18(31-3)16-21(20)26(15-13-22(24)25-32-4)34(29,30)19-9-6-17(2)7-10-19/h6-11,16,28H,5,13,15H2,1-4H3/b25-22+. The normalized spacial score (nSPS) is 18.9. The van der Waals surface area contributed by atoms with Crippen LogP contribution in [0.4, 0.5) is 5.69 Å². The van der Waals surface area contributed by atoms with Gasteiger partial charge in [0.05, 0.1) is 24.3 Å². The fourth-order valence-electron chi connectivity index (χ4n) is 3.57. The van der Waals surface area contributed by atoms with Gasteiger partial charge in [0.2, 0.25) is 0 Å². The number of esters is 1. The molecular weight excluding hydrogens is 460 g/mol. The highest BCUT2D eigenvalue weighted by Crippen LogP contribution is 2.40. The van der Waals surface area contributed by atoms with E-state index in [0.29, 0.717) is 5.75 Å². The molecule has 0 radical (unpaired) electrons. The van der Waals surface area contributed by atoms with Crippen LogP contribution >= 0.6 is 0 Å². The van der Waals surface area contributed by atoms with Gasteiger partial charge in [-0.2, -0.15) is 0 Å². The molecule has 0 saturated heterocycles. The third-order valence-electron chi connectivity index (χ3n) is 5.26. The molecule has 3 rings (SSSR count). The molecule has 2 aromatic rings. The van der Waals surface area contributed by atoms with Gasteiger partial charge in [-0.25, -0.2) is 13.2 Å². The van der Waals surface area contributed by atoms with Gasteiger partial charge in [0, 0.05) is 30.5 Å². The predicted molar refractivity (Wildman–Crippen MR) is 126 cm³/mol. The molecule has 1 aliphatic heterocycles. The Bertz CT molecular complexity index is 1260. The zero-order valence-corrected chi connectivity index (χ0v) is 20.2. The SMILES string of the molecule is CCOC(=O)C#CC1(O)/C(=N/OC)CCN(S(=O)(=O)c2ccc(C)cc2)c2cc(OC)ccc21. The molecule has 0 fully saturated rings. The van der Waals surface area contributed by atoms with Crippen LogP contribution in [-0.4, -0.2) is 52.6 Å². The number of methoxy groups -OCH3 is 1. The van der Waals surface area contributed by atoms with E-state index in [-0.39, 0.29) is 41.4 Å². The minimum absolute atomic E-state index is 0.0239. The van der Waals surface area contributed by atoms with Gasteiger partial charge >= 0.3 is 5.97 Å². The number of fused-ring (bicyclic) bond motifs is 1. The second kappa shape index (κ2) is 10.2. The maximum Gasteiger partial charge on any atom is 0.384 e. The largest absolute Gasteiger partial charge is 0.497 e. The van der Waals surface area contributed by atoms with Crippen LogP contribution < -0.4 is 9.04 Å². The van der Waals surface area contributed by atoms with E-state index in [1.807, 2.05) is 6.92 Å². The molecule has 0 saturated carbocycles. The number of hydrogen-bond donors (Lipinski definition) is 1. The summed E-state index contributed by atoms with van der Waals surface area (Å²) in [6, 6.07) is 11.0. The Balaban J connectivity index is 2.27. The summed E-state index contributed by atoms with van der Waals surface area (Å²) < 4.78 is 38.7. The number of hydrogen-bond acceptors (Lipinski definition) is 8. The van der Waals surface area contributed by atoms with Crippen molar-refractivity contribution in [1.29, 1.82) is 0 Å². The molecule has 10 heteroatoms. The Kier molecular flexibility index (Phi) is 7.49. The molecule has 1 aliphatic rings. The summed E-state index contributed by atoms with van der Waals surface area (Å²) in [5.74, 6) is 4.34. The van der Waals surface area contributed by atoms with Crippen LogP contribution in [0.15, 0.2) is 52.5 Å². The van der Waals surface area contributed by atoms with Crippen LogP contribution in [0.3, 0.4) is 0 Å². The number of nitrogens with zero attached hydrogens (tertiary/aromatic N) is 2. The number of benzene rings is 2. The second-order valence-corrected chi connectivity index (χ2v) is 9.29. The number of oxime groups is 1. The fraction of sp³-hybridized carbons (Fsp3) is 0.333. The van der Waals surface area contributed by atoms with Crippen molar-refractivity contribution in [2.45, 2.75) is 30.8 Å². The molecule has 1 heterocycles. The first-order chi connectivity index (χ1) is 16.2. The van der Waals surface area contributed by atoms with E-state index in [0.717, 1.165) is 5.56 Å². The van der Waals surface area contributed by atoms with E-state index in [1.54, 1.807) is 25.1 Å². The van der Waals surface area contributed by atoms with Crippen molar-refractivity contribution in [3.8, 4) is 17.6 Å². The van der Waals surface area contributed by atoms with E-state index < -0.39 is 21.6 Å². The first-order valence-electron chi connectivity index (χ1n) is 10.5. The van der Waals surface area contributed by atoms with E-state index in [9.17, 15) is 18.3 Å². The van der Waals surface area contributed by atoms with E-state index in [1.165, 1.54) is 42.8 Å². The Labute approximate surface area is 199 Å². The van der Waals surface area contributed by atoms with E-state index in [2.05, 4.69) is 17.0 Å². The number of aryl methyl sites for hydroxylation is 1. The summed E-state index contributed by atoms with van der Waals surface area (Å²) in [7, 11) is -1.29. The van der Waals surface area contributed by atoms with Crippen LogP contribution in [0.2, 0.25) is 0 Å². The first kappa shape index (κ1) is 25.1. The summed E-state index contributed by atoms with van der Waals surface area (Å²) in [4.78, 5) is 16.9. The van der Waals surface area contributed by atoms with Crippen LogP contribution in [0.25, 0.3) is 0 Å². The molecule has 1 N–H and O–H groups in total. The summed E-state index contributed by atoms with van der Waals surface area (Å²) in [5, 5.41) is 15.6. The van der Waals surface area contributed by atoms with Crippen molar-refractivity contribution in [3.63, 3.8) is 0 Å². The highest BCUT2D eigenvalue weighted by molar-refractivity contribution is 7.92. The van der Waals surface area contributed by atoms with Gasteiger partial charge in [0.15, 0.2) is 5.60 Å². The molecule has 1 unspecified atom stereocenters. The number of carbonyl (C=O) groups is 1. The van der Waals surface area contributed by atoms with Crippen molar-refractivity contribution < 1.29 is 32.6 Å². The van der Waals surface area contributed by atoms with Crippen LogP contribution in [0.1, 0.15) is 24.5 Å². The van der Waals surface area contributed by atoms with Crippen molar-refractivity contribution in [2.24, 2.45) is 5.16 Å². The monoisotopic (exact) mass is 486 g/mol. The van der Waals surface area contributed by atoms with E-state index >= 15 is 0 Å². The van der Waals surface area contributed by atoms with Gasteiger partial charge < -0.3 is 19.4 Å². The van der Waals surface area contributed by atoms with Gasteiger partial charge in [-0.05, 0) is 44.0 Å².